The van der Waals surface area contributed by atoms with Gasteiger partial charge in [-0.2, -0.15) is 0 Å². The van der Waals surface area contributed by atoms with E-state index in [9.17, 15) is 14.7 Å². The van der Waals surface area contributed by atoms with E-state index in [-0.39, 0.29) is 19.1 Å². The summed E-state index contributed by atoms with van der Waals surface area (Å²) < 4.78 is 10.9. The molecule has 2 atom stereocenters. The first-order chi connectivity index (χ1) is 16.0. The van der Waals surface area contributed by atoms with E-state index in [2.05, 4.69) is 5.32 Å². The van der Waals surface area contributed by atoms with Gasteiger partial charge < -0.3 is 24.8 Å². The van der Waals surface area contributed by atoms with Crippen LogP contribution in [-0.4, -0.2) is 53.0 Å². The van der Waals surface area contributed by atoms with Crippen LogP contribution in [0.15, 0.2) is 60.7 Å². The zero-order valence-electron chi connectivity index (χ0n) is 20.9. The maximum atomic E-state index is 12.8. The van der Waals surface area contributed by atoms with Crippen LogP contribution in [0.2, 0.25) is 0 Å². The predicted octanol–water partition coefficient (Wildman–Crippen LogP) is 4.78. The van der Waals surface area contributed by atoms with Crippen LogP contribution in [0.25, 0.3) is 0 Å². The summed E-state index contributed by atoms with van der Waals surface area (Å²) in [6.07, 6.45) is -1.77. The third-order valence-electron chi connectivity index (χ3n) is 4.92. The molecule has 34 heavy (non-hydrogen) atoms. The maximum Gasteiger partial charge on any atom is 0.410 e. The third-order valence-corrected chi connectivity index (χ3v) is 4.92. The first kappa shape index (κ1) is 27.2. The second-order valence-electron chi connectivity index (χ2n) is 9.85. The van der Waals surface area contributed by atoms with Crippen LogP contribution in [0.1, 0.15) is 45.7 Å². The fourth-order valence-electron chi connectivity index (χ4n) is 3.41. The molecule has 2 aromatic rings. The Balaban J connectivity index is 2.11. The molecule has 0 saturated carbocycles. The van der Waals surface area contributed by atoms with Gasteiger partial charge in [0, 0.05) is 6.54 Å². The highest BCUT2D eigenvalue weighted by Crippen LogP contribution is 2.14. The molecule has 0 radical (unpaired) electrons. The molecular weight excluding hydrogens is 432 g/mol. The minimum atomic E-state index is -1.03. The molecule has 7 nitrogen and oxygen atoms in total. The molecule has 2 N–H and O–H groups in total. The lowest BCUT2D eigenvalue weighted by Crippen LogP contribution is -2.51. The number of amides is 2. The van der Waals surface area contributed by atoms with E-state index in [0.717, 1.165) is 11.1 Å². The SMILES string of the molecule is CC(C)CN(CC(O)C(Cc1ccccc1)NC(=O)OCc1ccccc1)C(=O)OC(C)(C)C. The second-order valence-corrected chi connectivity index (χ2v) is 9.85. The summed E-state index contributed by atoms with van der Waals surface area (Å²) in [4.78, 5) is 26.8. The lowest BCUT2D eigenvalue weighted by atomic mass is 10.0. The number of benzene rings is 2. The molecule has 0 aromatic heterocycles. The Bertz CT molecular complexity index is 881. The van der Waals surface area contributed by atoms with Crippen molar-refractivity contribution in [1.29, 1.82) is 0 Å². The van der Waals surface area contributed by atoms with E-state index in [1.807, 2.05) is 74.5 Å². The van der Waals surface area contributed by atoms with Crippen molar-refractivity contribution in [1.82, 2.24) is 10.2 Å². The largest absolute Gasteiger partial charge is 0.445 e. The molecule has 2 unspecified atom stereocenters. The molecule has 0 bridgehead atoms. The maximum absolute atomic E-state index is 12.8. The Kier molecular flexibility index (Phi) is 10.4. The van der Waals surface area contributed by atoms with E-state index < -0.39 is 29.9 Å². The molecule has 2 amide bonds. The lowest BCUT2D eigenvalue weighted by Gasteiger charge is -2.32. The Morgan fingerprint density at radius 2 is 1.50 bits per heavy atom. The second kappa shape index (κ2) is 13.0. The number of carbonyl (C=O) groups is 2. The number of carbonyl (C=O) groups excluding carboxylic acids is 2. The van der Waals surface area contributed by atoms with Gasteiger partial charge in [-0.25, -0.2) is 9.59 Å². The Hall–Kier alpha value is -3.06. The number of alkyl carbamates (subject to hydrolysis) is 1. The van der Waals surface area contributed by atoms with Crippen molar-refractivity contribution in [3.8, 4) is 0 Å². The van der Waals surface area contributed by atoms with E-state index >= 15 is 0 Å². The molecule has 0 spiro atoms. The number of aliphatic hydroxyl groups is 1. The standard InChI is InChI=1S/C27H38N2O5/c1-20(2)17-29(26(32)34-27(3,4)5)18-24(30)23(16-21-12-8-6-9-13-21)28-25(31)33-19-22-14-10-7-11-15-22/h6-15,20,23-24,30H,16-19H2,1-5H3,(H,28,31). The minimum absolute atomic E-state index is 0.0174. The Labute approximate surface area is 203 Å². The number of nitrogens with one attached hydrogen (secondary N) is 1. The number of hydrogen-bond donors (Lipinski definition) is 2. The van der Waals surface area contributed by atoms with Gasteiger partial charge in [-0.15, -0.1) is 0 Å². The van der Waals surface area contributed by atoms with Crippen LogP contribution in [-0.2, 0) is 22.5 Å². The van der Waals surface area contributed by atoms with Gasteiger partial charge in [0.25, 0.3) is 0 Å². The fraction of sp³-hybridized carbons (Fsp3) is 0.481. The van der Waals surface area contributed by atoms with E-state index in [4.69, 9.17) is 9.47 Å². The molecular formula is C27H38N2O5. The van der Waals surface area contributed by atoms with E-state index in [1.165, 1.54) is 4.90 Å². The van der Waals surface area contributed by atoms with Crippen molar-refractivity contribution in [2.75, 3.05) is 13.1 Å². The fourth-order valence-corrected chi connectivity index (χ4v) is 3.41. The number of nitrogens with zero attached hydrogens (tertiary/aromatic N) is 1. The first-order valence-electron chi connectivity index (χ1n) is 11.7. The van der Waals surface area contributed by atoms with Crippen LogP contribution in [0, 0.1) is 5.92 Å². The lowest BCUT2D eigenvalue weighted by molar-refractivity contribution is 0.00758. The molecule has 2 aromatic carbocycles. The molecule has 186 valence electrons. The van der Waals surface area contributed by atoms with Crippen molar-refractivity contribution in [3.63, 3.8) is 0 Å². The summed E-state index contributed by atoms with van der Waals surface area (Å²) >= 11 is 0. The zero-order valence-corrected chi connectivity index (χ0v) is 20.9. The van der Waals surface area contributed by atoms with Crippen molar-refractivity contribution in [3.05, 3.63) is 71.8 Å². The van der Waals surface area contributed by atoms with Gasteiger partial charge in [0.2, 0.25) is 0 Å². The number of rotatable bonds is 10. The van der Waals surface area contributed by atoms with Crippen LogP contribution < -0.4 is 5.32 Å². The van der Waals surface area contributed by atoms with Crippen LogP contribution >= 0.6 is 0 Å². The molecule has 0 aliphatic carbocycles. The Morgan fingerprint density at radius 3 is 2.03 bits per heavy atom. The quantitative estimate of drug-likeness (QED) is 0.522. The smallest absolute Gasteiger partial charge is 0.410 e. The van der Waals surface area contributed by atoms with Gasteiger partial charge in [0.1, 0.15) is 12.2 Å². The summed E-state index contributed by atoms with van der Waals surface area (Å²) in [6.45, 7) is 9.95. The molecule has 7 heteroatoms. The average Bonchev–Trinajstić information content (AvgIpc) is 2.76. The molecule has 0 aliphatic heterocycles. The van der Waals surface area contributed by atoms with Crippen LogP contribution in [0.4, 0.5) is 9.59 Å². The highest BCUT2D eigenvalue weighted by molar-refractivity contribution is 5.69. The highest BCUT2D eigenvalue weighted by Gasteiger charge is 2.29. The van der Waals surface area contributed by atoms with Gasteiger partial charge in [-0.3, -0.25) is 0 Å². The molecule has 2 rings (SSSR count). The molecule has 0 aliphatic rings. The monoisotopic (exact) mass is 470 g/mol. The topological polar surface area (TPSA) is 88.1 Å². The predicted molar refractivity (Wildman–Crippen MR) is 132 cm³/mol. The summed E-state index contributed by atoms with van der Waals surface area (Å²) in [6, 6.07) is 18.3. The average molecular weight is 471 g/mol. The zero-order chi connectivity index (χ0) is 25.1. The van der Waals surface area contributed by atoms with Gasteiger partial charge in [0.05, 0.1) is 18.7 Å². The van der Waals surface area contributed by atoms with Crippen LogP contribution in [0.5, 0.6) is 0 Å². The number of ether oxygens (including phenoxy) is 2. The van der Waals surface area contributed by atoms with Crippen molar-refractivity contribution in [2.45, 2.75) is 65.4 Å². The summed E-state index contributed by atoms with van der Waals surface area (Å²) in [5.74, 6) is 0.177. The van der Waals surface area contributed by atoms with Gasteiger partial charge in [-0.05, 0) is 44.2 Å². The summed E-state index contributed by atoms with van der Waals surface area (Å²) in [5.41, 5.74) is 1.16. The molecule has 0 heterocycles. The van der Waals surface area contributed by atoms with E-state index in [0.29, 0.717) is 13.0 Å². The van der Waals surface area contributed by atoms with Gasteiger partial charge in [0.15, 0.2) is 0 Å². The van der Waals surface area contributed by atoms with E-state index in [1.54, 1.807) is 20.8 Å². The highest BCUT2D eigenvalue weighted by atomic mass is 16.6. The molecule has 0 fully saturated rings. The number of hydrogen-bond acceptors (Lipinski definition) is 5. The summed E-state index contributed by atoms with van der Waals surface area (Å²) in [5, 5.41) is 13.9. The third kappa shape index (κ3) is 10.3. The van der Waals surface area contributed by atoms with Crippen molar-refractivity contribution in [2.24, 2.45) is 5.92 Å². The van der Waals surface area contributed by atoms with Crippen LogP contribution in [0.3, 0.4) is 0 Å². The van der Waals surface area contributed by atoms with Crippen molar-refractivity contribution < 1.29 is 24.2 Å². The molecule has 0 saturated heterocycles. The van der Waals surface area contributed by atoms with Gasteiger partial charge in [-0.1, -0.05) is 74.5 Å². The number of aliphatic hydroxyl groups excluding tert-OH is 1. The van der Waals surface area contributed by atoms with Crippen molar-refractivity contribution >= 4 is 12.2 Å². The Morgan fingerprint density at radius 1 is 0.941 bits per heavy atom. The van der Waals surface area contributed by atoms with Gasteiger partial charge >= 0.3 is 12.2 Å². The summed E-state index contributed by atoms with van der Waals surface area (Å²) in [7, 11) is 0. The first-order valence-corrected chi connectivity index (χ1v) is 11.7. The normalized spacial score (nSPS) is 13.1. The minimum Gasteiger partial charge on any atom is -0.445 e.